The number of benzene rings is 2. The van der Waals surface area contributed by atoms with Gasteiger partial charge in [-0.3, -0.25) is 14.4 Å². The summed E-state index contributed by atoms with van der Waals surface area (Å²) in [6.45, 7) is -0.139. The topological polar surface area (TPSA) is 123 Å². The van der Waals surface area contributed by atoms with Crippen molar-refractivity contribution in [3.05, 3.63) is 59.2 Å². The number of nitriles is 1. The smallest absolute Gasteiger partial charge is 0.264 e. The predicted molar refractivity (Wildman–Crippen MR) is 132 cm³/mol. The molecule has 3 N–H and O–H groups in total. The van der Waals surface area contributed by atoms with Crippen LogP contribution in [-0.2, 0) is 20.0 Å². The Bertz CT molecular complexity index is 1370. The third-order valence-electron chi connectivity index (χ3n) is 7.88. The summed E-state index contributed by atoms with van der Waals surface area (Å²) in [6.07, 6.45) is -0.773. The van der Waals surface area contributed by atoms with E-state index >= 15 is 0 Å². The molecule has 0 aromatic heterocycles. The standard InChI is InChI=1S/C28H26F4N4O4/c29-16-3-5-19-20-6-4-17(30)12-22(20)28(40,21(19)11-16)26(39)36-9-7-27(31,32)13-23(36)25(38)35-18(14-33)10-15-2-1-8-34-24(15)37/h3-6,11-12,15,18,23,40H,1-2,7-10,13H2,(H,34,37)(H,35,38)/t15-,18-,23-/m0/s1. The Kier molecular flexibility index (Phi) is 7.04. The third-order valence-corrected chi connectivity index (χ3v) is 7.88. The Morgan fingerprint density at radius 2 is 1.77 bits per heavy atom. The van der Waals surface area contributed by atoms with Crippen molar-refractivity contribution in [3.63, 3.8) is 0 Å². The van der Waals surface area contributed by atoms with Crippen LogP contribution in [-0.4, -0.2) is 58.8 Å². The zero-order chi connectivity index (χ0) is 28.8. The molecule has 2 saturated heterocycles. The molecule has 2 heterocycles. The zero-order valence-corrected chi connectivity index (χ0v) is 21.2. The first-order valence-electron chi connectivity index (χ1n) is 12.9. The summed E-state index contributed by atoms with van der Waals surface area (Å²) in [4.78, 5) is 40.2. The number of aliphatic hydroxyl groups is 1. The Balaban J connectivity index is 1.47. The molecule has 40 heavy (non-hydrogen) atoms. The van der Waals surface area contributed by atoms with Crippen molar-refractivity contribution < 1.29 is 37.1 Å². The summed E-state index contributed by atoms with van der Waals surface area (Å²) in [5, 5.41) is 26.5. The first-order chi connectivity index (χ1) is 18.9. The Hall–Kier alpha value is -3.98. The lowest BCUT2D eigenvalue weighted by Gasteiger charge is -2.42. The molecule has 3 atom stereocenters. The van der Waals surface area contributed by atoms with Crippen LogP contribution in [0.3, 0.4) is 0 Å². The molecule has 3 aliphatic rings. The highest BCUT2D eigenvalue weighted by atomic mass is 19.3. The van der Waals surface area contributed by atoms with Crippen LogP contribution < -0.4 is 10.6 Å². The molecule has 0 spiro atoms. The van der Waals surface area contributed by atoms with Crippen molar-refractivity contribution in [1.29, 1.82) is 5.26 Å². The van der Waals surface area contributed by atoms with Gasteiger partial charge in [0.1, 0.15) is 23.7 Å². The fourth-order valence-electron chi connectivity index (χ4n) is 5.85. The molecular formula is C28H26F4N4O4. The van der Waals surface area contributed by atoms with Crippen LogP contribution in [0, 0.1) is 28.9 Å². The largest absolute Gasteiger partial charge is 0.372 e. The highest BCUT2D eigenvalue weighted by molar-refractivity contribution is 6.01. The Morgan fingerprint density at radius 1 is 1.15 bits per heavy atom. The van der Waals surface area contributed by atoms with Gasteiger partial charge >= 0.3 is 0 Å². The fourth-order valence-corrected chi connectivity index (χ4v) is 5.85. The molecular weight excluding hydrogens is 532 g/mol. The molecule has 8 nitrogen and oxygen atoms in total. The van der Waals surface area contributed by atoms with E-state index in [0.717, 1.165) is 29.2 Å². The number of hydrogen-bond acceptors (Lipinski definition) is 5. The number of fused-ring (bicyclic) bond motifs is 3. The highest BCUT2D eigenvalue weighted by Crippen LogP contribution is 2.49. The van der Waals surface area contributed by atoms with Crippen LogP contribution in [0.15, 0.2) is 36.4 Å². The summed E-state index contributed by atoms with van der Waals surface area (Å²) in [7, 11) is 0. The van der Waals surface area contributed by atoms with Gasteiger partial charge in [-0.05, 0) is 54.7 Å². The Labute approximate surface area is 227 Å². The maximum absolute atomic E-state index is 14.6. The molecule has 2 aliphatic heterocycles. The van der Waals surface area contributed by atoms with Gasteiger partial charge in [-0.25, -0.2) is 17.6 Å². The molecule has 210 valence electrons. The van der Waals surface area contributed by atoms with E-state index < -0.39 is 72.4 Å². The van der Waals surface area contributed by atoms with Crippen LogP contribution in [0.5, 0.6) is 0 Å². The second-order valence-electron chi connectivity index (χ2n) is 10.5. The summed E-state index contributed by atoms with van der Waals surface area (Å²) >= 11 is 0. The molecule has 2 aromatic carbocycles. The fraction of sp³-hybridized carbons (Fsp3) is 0.429. The van der Waals surface area contributed by atoms with E-state index in [1.807, 2.05) is 6.07 Å². The molecule has 0 bridgehead atoms. The molecule has 5 rings (SSSR count). The van der Waals surface area contributed by atoms with Crippen LogP contribution in [0.4, 0.5) is 17.6 Å². The average Bonchev–Trinajstić information content (AvgIpc) is 3.16. The first kappa shape index (κ1) is 27.6. The summed E-state index contributed by atoms with van der Waals surface area (Å²) in [5.74, 6) is -8.00. The van der Waals surface area contributed by atoms with E-state index in [2.05, 4.69) is 10.6 Å². The van der Waals surface area contributed by atoms with Crippen molar-refractivity contribution in [3.8, 4) is 17.2 Å². The van der Waals surface area contributed by atoms with Gasteiger partial charge in [0, 0.05) is 43.0 Å². The van der Waals surface area contributed by atoms with E-state index in [1.54, 1.807) is 0 Å². The lowest BCUT2D eigenvalue weighted by atomic mass is 9.87. The number of rotatable bonds is 5. The first-order valence-corrected chi connectivity index (χ1v) is 12.9. The van der Waals surface area contributed by atoms with Gasteiger partial charge in [-0.1, -0.05) is 12.1 Å². The van der Waals surface area contributed by atoms with Crippen LogP contribution in [0.2, 0.25) is 0 Å². The van der Waals surface area contributed by atoms with Gasteiger partial charge in [-0.2, -0.15) is 5.26 Å². The minimum atomic E-state index is -3.34. The third kappa shape index (κ3) is 4.79. The van der Waals surface area contributed by atoms with Crippen LogP contribution in [0.1, 0.15) is 43.2 Å². The van der Waals surface area contributed by atoms with Crippen molar-refractivity contribution >= 4 is 17.7 Å². The molecule has 12 heteroatoms. The Morgan fingerprint density at radius 3 is 2.35 bits per heavy atom. The van der Waals surface area contributed by atoms with Crippen molar-refractivity contribution in [2.75, 3.05) is 13.1 Å². The molecule has 3 amide bonds. The van der Waals surface area contributed by atoms with Gasteiger partial charge in [0.25, 0.3) is 11.8 Å². The molecule has 1 aliphatic carbocycles. The van der Waals surface area contributed by atoms with Crippen LogP contribution >= 0.6 is 0 Å². The lowest BCUT2D eigenvalue weighted by Crippen LogP contribution is -2.61. The van der Waals surface area contributed by atoms with E-state index in [-0.39, 0.29) is 34.6 Å². The zero-order valence-electron chi connectivity index (χ0n) is 21.2. The highest BCUT2D eigenvalue weighted by Gasteiger charge is 2.55. The number of amides is 3. The molecule has 0 radical (unpaired) electrons. The van der Waals surface area contributed by atoms with Crippen LogP contribution in [0.25, 0.3) is 11.1 Å². The number of carbonyl (C=O) groups excluding carboxylic acids is 3. The molecule has 0 unspecified atom stereocenters. The second kappa shape index (κ2) is 10.2. The van der Waals surface area contributed by atoms with E-state index in [1.165, 1.54) is 12.1 Å². The lowest BCUT2D eigenvalue weighted by molar-refractivity contribution is -0.164. The van der Waals surface area contributed by atoms with Gasteiger partial charge in [0.2, 0.25) is 11.8 Å². The maximum Gasteiger partial charge on any atom is 0.264 e. The number of likely N-dealkylation sites (tertiary alicyclic amines) is 1. The number of hydrogen-bond donors (Lipinski definition) is 3. The SMILES string of the molecule is N#C[C@H](C[C@@H]1CCCNC1=O)NC(=O)[C@@H]1CC(F)(F)CCN1C(=O)C1(O)c2cc(F)ccc2-c2ccc(F)cc21. The van der Waals surface area contributed by atoms with Gasteiger partial charge < -0.3 is 20.6 Å². The minimum Gasteiger partial charge on any atom is -0.372 e. The van der Waals surface area contributed by atoms with E-state index in [4.69, 9.17) is 0 Å². The van der Waals surface area contributed by atoms with Gasteiger partial charge in [0.05, 0.1) is 6.07 Å². The van der Waals surface area contributed by atoms with Gasteiger partial charge in [-0.15, -0.1) is 0 Å². The maximum atomic E-state index is 14.6. The van der Waals surface area contributed by atoms with Crippen molar-refractivity contribution in [1.82, 2.24) is 15.5 Å². The monoisotopic (exact) mass is 558 g/mol. The second-order valence-corrected chi connectivity index (χ2v) is 10.5. The van der Waals surface area contributed by atoms with Gasteiger partial charge in [0.15, 0.2) is 5.60 Å². The molecule has 0 saturated carbocycles. The number of nitrogens with zero attached hydrogens (tertiary/aromatic N) is 2. The van der Waals surface area contributed by atoms with Crippen molar-refractivity contribution in [2.45, 2.75) is 55.7 Å². The average molecular weight is 559 g/mol. The molecule has 2 aromatic rings. The number of alkyl halides is 2. The van der Waals surface area contributed by atoms with E-state index in [0.29, 0.717) is 19.4 Å². The summed E-state index contributed by atoms with van der Waals surface area (Å²) < 4.78 is 57.7. The van der Waals surface area contributed by atoms with Crippen molar-refractivity contribution in [2.24, 2.45) is 5.92 Å². The number of piperidine rings is 2. The number of nitrogens with one attached hydrogen (secondary N) is 2. The normalized spacial score (nSPS) is 23.3. The predicted octanol–water partition coefficient (Wildman–Crippen LogP) is 2.73. The van der Waals surface area contributed by atoms with E-state index in [9.17, 15) is 42.3 Å². The quantitative estimate of drug-likeness (QED) is 0.488. The summed E-state index contributed by atoms with van der Waals surface area (Å²) in [5.41, 5.74) is -2.55. The number of halogens is 4. The summed E-state index contributed by atoms with van der Waals surface area (Å²) in [6, 6.07) is 5.55. The minimum absolute atomic E-state index is 0.0472. The number of carbonyl (C=O) groups is 3. The molecule has 2 fully saturated rings.